The van der Waals surface area contributed by atoms with Gasteiger partial charge in [0.05, 0.1) is 20.3 Å². The second kappa shape index (κ2) is 7.92. The highest BCUT2D eigenvalue weighted by Gasteiger charge is 2.28. The molecule has 1 amide bonds. The summed E-state index contributed by atoms with van der Waals surface area (Å²) in [4.78, 5) is 16.6. The molecule has 2 aliphatic rings. The molecule has 2 fully saturated rings. The van der Waals surface area contributed by atoms with Crippen LogP contribution in [-0.2, 0) is 16.1 Å². The Morgan fingerprint density at radius 1 is 1.38 bits per heavy atom. The van der Waals surface area contributed by atoms with Crippen LogP contribution in [0.1, 0.15) is 5.56 Å². The molecule has 2 saturated heterocycles. The zero-order valence-corrected chi connectivity index (χ0v) is 14.0. The Kier molecular flexibility index (Phi) is 5.65. The van der Waals surface area contributed by atoms with E-state index in [4.69, 9.17) is 9.47 Å². The largest absolute Gasteiger partial charge is 0.494 e. The number of morpholine rings is 1. The Labute approximate surface area is 141 Å². The van der Waals surface area contributed by atoms with Gasteiger partial charge in [0.1, 0.15) is 6.04 Å². The van der Waals surface area contributed by atoms with Crippen molar-refractivity contribution in [1.82, 2.24) is 15.1 Å². The maximum Gasteiger partial charge on any atom is 0.242 e. The molecule has 0 radical (unpaired) electrons. The standard InChI is InChI=1S/C17H24FN3O3/c1-23-16-3-2-13(10-14(16)18)11-20-5-7-21(8-6-20)17(22)15-12-24-9-4-19-15/h2-3,10,15,19H,4-9,11-12H2,1H3/t15-/m1/s1. The molecular weight excluding hydrogens is 313 g/mol. The van der Waals surface area contributed by atoms with E-state index in [1.807, 2.05) is 11.0 Å². The number of halogens is 1. The van der Waals surface area contributed by atoms with Crippen LogP contribution < -0.4 is 10.1 Å². The van der Waals surface area contributed by atoms with E-state index < -0.39 is 0 Å². The number of carbonyl (C=O) groups is 1. The molecule has 0 bridgehead atoms. The Hall–Kier alpha value is -1.70. The van der Waals surface area contributed by atoms with Gasteiger partial charge in [0, 0.05) is 39.3 Å². The Balaban J connectivity index is 1.49. The average Bonchev–Trinajstić information content (AvgIpc) is 2.63. The van der Waals surface area contributed by atoms with Gasteiger partial charge < -0.3 is 19.7 Å². The van der Waals surface area contributed by atoms with Gasteiger partial charge in [-0.3, -0.25) is 9.69 Å². The summed E-state index contributed by atoms with van der Waals surface area (Å²) in [7, 11) is 1.46. The van der Waals surface area contributed by atoms with Gasteiger partial charge in [0.25, 0.3) is 0 Å². The quantitative estimate of drug-likeness (QED) is 0.865. The molecule has 0 aliphatic carbocycles. The number of amides is 1. The Morgan fingerprint density at radius 3 is 2.79 bits per heavy atom. The summed E-state index contributed by atoms with van der Waals surface area (Å²) < 4.78 is 24.1. The summed E-state index contributed by atoms with van der Waals surface area (Å²) in [6, 6.07) is 4.82. The van der Waals surface area contributed by atoms with E-state index in [1.165, 1.54) is 13.2 Å². The van der Waals surface area contributed by atoms with Gasteiger partial charge in [0.2, 0.25) is 5.91 Å². The summed E-state index contributed by atoms with van der Waals surface area (Å²) in [5.41, 5.74) is 0.912. The number of carbonyl (C=O) groups excluding carboxylic acids is 1. The molecule has 3 rings (SSSR count). The highest BCUT2D eigenvalue weighted by Crippen LogP contribution is 2.19. The SMILES string of the molecule is COc1ccc(CN2CCN(C(=O)[C@H]3COCCN3)CC2)cc1F. The van der Waals surface area contributed by atoms with Gasteiger partial charge in [0.15, 0.2) is 11.6 Å². The lowest BCUT2D eigenvalue weighted by Gasteiger charge is -2.37. The number of hydrogen-bond donors (Lipinski definition) is 1. The third kappa shape index (κ3) is 4.03. The van der Waals surface area contributed by atoms with E-state index in [1.54, 1.807) is 6.07 Å². The smallest absolute Gasteiger partial charge is 0.242 e. The summed E-state index contributed by atoms with van der Waals surface area (Å²) in [5.74, 6) is 0.0356. The molecule has 1 aromatic carbocycles. The summed E-state index contributed by atoms with van der Waals surface area (Å²) in [6.45, 7) is 5.46. The third-order valence-electron chi connectivity index (χ3n) is 4.53. The van der Waals surface area contributed by atoms with Crippen molar-refractivity contribution in [3.8, 4) is 5.75 Å². The summed E-state index contributed by atoms with van der Waals surface area (Å²) >= 11 is 0. The van der Waals surface area contributed by atoms with Crippen molar-refractivity contribution >= 4 is 5.91 Å². The van der Waals surface area contributed by atoms with Crippen molar-refractivity contribution in [2.45, 2.75) is 12.6 Å². The van der Waals surface area contributed by atoms with Crippen LogP contribution in [0.15, 0.2) is 18.2 Å². The second-order valence-corrected chi connectivity index (χ2v) is 6.15. The van der Waals surface area contributed by atoms with Crippen molar-refractivity contribution < 1.29 is 18.7 Å². The molecule has 24 heavy (non-hydrogen) atoms. The number of piperazine rings is 1. The van der Waals surface area contributed by atoms with Crippen molar-refractivity contribution in [3.63, 3.8) is 0 Å². The first kappa shape index (κ1) is 17.1. The van der Waals surface area contributed by atoms with Gasteiger partial charge in [-0.05, 0) is 17.7 Å². The normalized spacial score (nSPS) is 22.4. The number of ether oxygens (including phenoxy) is 2. The molecule has 1 aromatic rings. The lowest BCUT2D eigenvalue weighted by molar-refractivity contribution is -0.138. The molecule has 7 heteroatoms. The fraction of sp³-hybridized carbons (Fsp3) is 0.588. The minimum absolute atomic E-state index is 0.116. The molecule has 6 nitrogen and oxygen atoms in total. The van der Waals surface area contributed by atoms with Crippen molar-refractivity contribution in [2.24, 2.45) is 0 Å². The summed E-state index contributed by atoms with van der Waals surface area (Å²) in [5, 5.41) is 3.20. The number of nitrogens with zero attached hydrogens (tertiary/aromatic N) is 2. The summed E-state index contributed by atoms with van der Waals surface area (Å²) in [6.07, 6.45) is 0. The number of rotatable bonds is 4. The van der Waals surface area contributed by atoms with E-state index >= 15 is 0 Å². The highest BCUT2D eigenvalue weighted by atomic mass is 19.1. The lowest BCUT2D eigenvalue weighted by Crippen LogP contribution is -2.57. The van der Waals surface area contributed by atoms with Gasteiger partial charge in [-0.15, -0.1) is 0 Å². The topological polar surface area (TPSA) is 54.0 Å². The number of hydrogen-bond acceptors (Lipinski definition) is 5. The minimum Gasteiger partial charge on any atom is -0.494 e. The molecule has 0 aromatic heterocycles. The number of methoxy groups -OCH3 is 1. The van der Waals surface area contributed by atoms with Gasteiger partial charge >= 0.3 is 0 Å². The third-order valence-corrected chi connectivity index (χ3v) is 4.53. The molecule has 2 heterocycles. The van der Waals surface area contributed by atoms with Crippen LogP contribution in [0.4, 0.5) is 4.39 Å². The predicted molar refractivity (Wildman–Crippen MR) is 87.4 cm³/mol. The molecule has 1 N–H and O–H groups in total. The zero-order valence-electron chi connectivity index (χ0n) is 14.0. The van der Waals surface area contributed by atoms with E-state index in [0.29, 0.717) is 32.8 Å². The average molecular weight is 337 g/mol. The monoisotopic (exact) mass is 337 g/mol. The maximum absolute atomic E-state index is 13.8. The first-order chi connectivity index (χ1) is 11.7. The van der Waals surface area contributed by atoms with Gasteiger partial charge in [-0.25, -0.2) is 4.39 Å². The first-order valence-electron chi connectivity index (χ1n) is 8.32. The molecule has 132 valence electrons. The lowest BCUT2D eigenvalue weighted by atomic mass is 10.1. The van der Waals surface area contributed by atoms with E-state index in [0.717, 1.165) is 25.2 Å². The van der Waals surface area contributed by atoms with Crippen molar-refractivity contribution in [1.29, 1.82) is 0 Å². The molecule has 2 aliphatic heterocycles. The van der Waals surface area contributed by atoms with E-state index in [-0.39, 0.29) is 23.5 Å². The zero-order chi connectivity index (χ0) is 16.9. The minimum atomic E-state index is -0.341. The highest BCUT2D eigenvalue weighted by molar-refractivity contribution is 5.82. The van der Waals surface area contributed by atoms with Crippen LogP contribution in [0.25, 0.3) is 0 Å². The molecule has 0 saturated carbocycles. The number of benzene rings is 1. The van der Waals surface area contributed by atoms with Crippen LogP contribution in [0.2, 0.25) is 0 Å². The van der Waals surface area contributed by atoms with Crippen LogP contribution in [0, 0.1) is 5.82 Å². The predicted octanol–water partition coefficient (Wildman–Crippen LogP) is 0.467. The Bertz CT molecular complexity index is 570. The van der Waals surface area contributed by atoms with E-state index in [2.05, 4.69) is 10.2 Å². The molecular formula is C17H24FN3O3. The van der Waals surface area contributed by atoms with Gasteiger partial charge in [-0.1, -0.05) is 6.07 Å². The van der Waals surface area contributed by atoms with Crippen LogP contribution in [0.5, 0.6) is 5.75 Å². The number of nitrogens with one attached hydrogen (secondary N) is 1. The van der Waals surface area contributed by atoms with Gasteiger partial charge in [-0.2, -0.15) is 0 Å². The molecule has 0 unspecified atom stereocenters. The molecule has 0 spiro atoms. The molecule has 1 atom stereocenters. The van der Waals surface area contributed by atoms with E-state index in [9.17, 15) is 9.18 Å². The van der Waals surface area contributed by atoms with Crippen LogP contribution in [-0.4, -0.2) is 74.8 Å². The van der Waals surface area contributed by atoms with Crippen LogP contribution >= 0.6 is 0 Å². The fourth-order valence-corrected chi connectivity index (χ4v) is 3.14. The van der Waals surface area contributed by atoms with Crippen LogP contribution in [0.3, 0.4) is 0 Å². The fourth-order valence-electron chi connectivity index (χ4n) is 3.14. The van der Waals surface area contributed by atoms with Crippen molar-refractivity contribution in [3.05, 3.63) is 29.6 Å². The second-order valence-electron chi connectivity index (χ2n) is 6.15. The Morgan fingerprint density at radius 2 is 2.17 bits per heavy atom. The first-order valence-corrected chi connectivity index (χ1v) is 8.32. The van der Waals surface area contributed by atoms with Crippen molar-refractivity contribution in [2.75, 3.05) is 53.0 Å². The maximum atomic E-state index is 13.8.